The maximum Gasteiger partial charge on any atom is 0.220 e. The van der Waals surface area contributed by atoms with E-state index in [0.717, 1.165) is 32.1 Å². The Morgan fingerprint density at radius 2 is 1.43 bits per heavy atom. The molecular formula is C23H45N3O2. The molecule has 5 nitrogen and oxygen atoms in total. The average molecular weight is 396 g/mol. The van der Waals surface area contributed by atoms with Gasteiger partial charge in [0.15, 0.2) is 5.78 Å². The lowest BCUT2D eigenvalue weighted by molar-refractivity contribution is -0.128. The van der Waals surface area contributed by atoms with E-state index in [1.165, 1.54) is 44.9 Å². The van der Waals surface area contributed by atoms with Crippen LogP contribution in [0.15, 0.2) is 4.99 Å². The molecule has 0 heterocycles. The number of hydrogen-bond acceptors (Lipinski definition) is 3. The van der Waals surface area contributed by atoms with Gasteiger partial charge in [0.25, 0.3) is 0 Å². The van der Waals surface area contributed by atoms with E-state index in [-0.39, 0.29) is 17.7 Å². The van der Waals surface area contributed by atoms with Crippen LogP contribution < -0.4 is 11.1 Å². The summed E-state index contributed by atoms with van der Waals surface area (Å²) in [6, 6.07) is -0.339. The van der Waals surface area contributed by atoms with Gasteiger partial charge >= 0.3 is 0 Å². The van der Waals surface area contributed by atoms with E-state index in [9.17, 15) is 9.59 Å². The molecule has 1 amide bonds. The minimum Gasteiger partial charge on any atom is -0.388 e. The second-order valence-corrected chi connectivity index (χ2v) is 7.93. The zero-order valence-electron chi connectivity index (χ0n) is 18.7. The first-order valence-corrected chi connectivity index (χ1v) is 11.6. The molecule has 0 fully saturated rings. The summed E-state index contributed by atoms with van der Waals surface area (Å²) in [5.41, 5.74) is 5.53. The van der Waals surface area contributed by atoms with Gasteiger partial charge in [-0.2, -0.15) is 0 Å². The quantitative estimate of drug-likeness (QED) is 0.177. The molecule has 0 saturated heterocycles. The van der Waals surface area contributed by atoms with Gasteiger partial charge in [-0.1, -0.05) is 65.2 Å². The Kier molecular flexibility index (Phi) is 18.0. The number of ketones is 1. The van der Waals surface area contributed by atoms with Crippen molar-refractivity contribution in [1.82, 2.24) is 5.32 Å². The number of amidine groups is 1. The fraction of sp³-hybridized carbons (Fsp3) is 0.870. The number of Topliss-reactive ketones (excluding diaryl/α,β-unsaturated/α-hetero) is 1. The van der Waals surface area contributed by atoms with E-state index >= 15 is 0 Å². The first kappa shape index (κ1) is 26.6. The van der Waals surface area contributed by atoms with E-state index in [1.807, 2.05) is 6.92 Å². The number of nitrogens with zero attached hydrogens (tertiary/aromatic N) is 1. The van der Waals surface area contributed by atoms with Gasteiger partial charge in [-0.3, -0.25) is 14.6 Å². The maximum atomic E-state index is 12.3. The lowest BCUT2D eigenvalue weighted by Crippen LogP contribution is -2.40. The van der Waals surface area contributed by atoms with Gasteiger partial charge < -0.3 is 11.1 Å². The Morgan fingerprint density at radius 3 is 2.00 bits per heavy atom. The van der Waals surface area contributed by atoms with Crippen LogP contribution in [0.3, 0.4) is 0 Å². The third-order valence-electron chi connectivity index (χ3n) is 4.99. The number of carbonyl (C=O) groups excluding carboxylic acids is 2. The second kappa shape index (κ2) is 18.9. The van der Waals surface area contributed by atoms with Crippen molar-refractivity contribution in [2.75, 3.05) is 6.54 Å². The van der Waals surface area contributed by atoms with Crippen LogP contribution in [0.1, 0.15) is 117 Å². The molecule has 28 heavy (non-hydrogen) atoms. The zero-order valence-corrected chi connectivity index (χ0v) is 18.7. The van der Waals surface area contributed by atoms with Crippen LogP contribution in [0, 0.1) is 0 Å². The molecule has 0 spiro atoms. The summed E-state index contributed by atoms with van der Waals surface area (Å²) in [6.45, 7) is 6.70. The van der Waals surface area contributed by atoms with Crippen molar-refractivity contribution in [1.29, 1.82) is 0 Å². The van der Waals surface area contributed by atoms with Crippen molar-refractivity contribution in [3.63, 3.8) is 0 Å². The summed E-state index contributed by atoms with van der Waals surface area (Å²) in [5.74, 6) is 0.766. The number of rotatable bonds is 19. The molecule has 164 valence electrons. The molecule has 3 N–H and O–H groups in total. The van der Waals surface area contributed by atoms with Crippen LogP contribution >= 0.6 is 0 Å². The SMILES string of the molecule is CCCCCCCCCCCC(=O)NC(CCCCN=C(C)N)C(=O)CCC. The molecule has 5 heteroatoms. The maximum absolute atomic E-state index is 12.3. The predicted octanol–water partition coefficient (Wildman–Crippen LogP) is 5.31. The normalized spacial score (nSPS) is 12.8. The standard InChI is InChI=1S/C23H45N3O2/c1-4-6-7-8-9-10-11-12-13-18-23(28)26-21(22(27)16-5-2)17-14-15-19-25-20(3)24/h21H,4-19H2,1-3H3,(H2,24,25)(H,26,28). The Morgan fingerprint density at radius 1 is 0.821 bits per heavy atom. The van der Waals surface area contributed by atoms with Crippen LogP contribution in [0.25, 0.3) is 0 Å². The number of aliphatic imine (C=N–C) groups is 1. The van der Waals surface area contributed by atoms with Crippen molar-refractivity contribution in [2.45, 2.75) is 123 Å². The van der Waals surface area contributed by atoms with Crippen molar-refractivity contribution in [3.8, 4) is 0 Å². The molecule has 0 aliphatic carbocycles. The minimum absolute atomic E-state index is 0.0215. The molecule has 0 aromatic carbocycles. The molecule has 0 saturated carbocycles. The first-order valence-electron chi connectivity index (χ1n) is 11.6. The molecule has 0 aromatic rings. The van der Waals surface area contributed by atoms with Crippen molar-refractivity contribution in [3.05, 3.63) is 0 Å². The monoisotopic (exact) mass is 395 g/mol. The van der Waals surface area contributed by atoms with Gasteiger partial charge in [0.2, 0.25) is 5.91 Å². The Balaban J connectivity index is 3.99. The van der Waals surface area contributed by atoms with E-state index in [2.05, 4.69) is 17.2 Å². The summed E-state index contributed by atoms with van der Waals surface area (Å²) < 4.78 is 0. The average Bonchev–Trinajstić information content (AvgIpc) is 2.65. The summed E-state index contributed by atoms with van der Waals surface area (Å²) in [4.78, 5) is 28.7. The number of hydrogen-bond donors (Lipinski definition) is 2. The highest BCUT2D eigenvalue weighted by molar-refractivity contribution is 5.88. The Hall–Kier alpha value is -1.39. The highest BCUT2D eigenvalue weighted by Gasteiger charge is 2.19. The van der Waals surface area contributed by atoms with Gasteiger partial charge in [-0.25, -0.2) is 0 Å². The van der Waals surface area contributed by atoms with E-state index in [1.54, 1.807) is 6.92 Å². The first-order chi connectivity index (χ1) is 13.5. The van der Waals surface area contributed by atoms with Gasteiger partial charge in [-0.15, -0.1) is 0 Å². The molecule has 0 bridgehead atoms. The topological polar surface area (TPSA) is 84.6 Å². The van der Waals surface area contributed by atoms with E-state index < -0.39 is 0 Å². The third-order valence-corrected chi connectivity index (χ3v) is 4.99. The zero-order chi connectivity index (χ0) is 21.0. The Labute approximate surface area is 173 Å². The highest BCUT2D eigenvalue weighted by atomic mass is 16.2. The predicted molar refractivity (Wildman–Crippen MR) is 120 cm³/mol. The highest BCUT2D eigenvalue weighted by Crippen LogP contribution is 2.11. The second-order valence-electron chi connectivity index (χ2n) is 7.93. The van der Waals surface area contributed by atoms with Gasteiger partial charge in [0.1, 0.15) is 0 Å². The van der Waals surface area contributed by atoms with Gasteiger partial charge in [0, 0.05) is 19.4 Å². The summed E-state index contributed by atoms with van der Waals surface area (Å²) in [7, 11) is 0. The van der Waals surface area contributed by atoms with Crippen LogP contribution in [0.5, 0.6) is 0 Å². The number of amides is 1. The van der Waals surface area contributed by atoms with Crippen molar-refractivity contribution >= 4 is 17.5 Å². The summed E-state index contributed by atoms with van der Waals surface area (Å²) >= 11 is 0. The molecule has 1 unspecified atom stereocenters. The van der Waals surface area contributed by atoms with Crippen molar-refractivity contribution in [2.24, 2.45) is 10.7 Å². The molecule has 1 atom stereocenters. The number of nitrogens with two attached hydrogens (primary N) is 1. The molecule has 0 aromatic heterocycles. The van der Waals surface area contributed by atoms with Crippen LogP contribution in [-0.2, 0) is 9.59 Å². The van der Waals surface area contributed by atoms with Crippen molar-refractivity contribution < 1.29 is 9.59 Å². The van der Waals surface area contributed by atoms with Gasteiger partial charge in [0.05, 0.1) is 11.9 Å². The molecule has 0 aliphatic heterocycles. The third kappa shape index (κ3) is 16.8. The number of nitrogens with one attached hydrogen (secondary N) is 1. The van der Waals surface area contributed by atoms with Crippen LogP contribution in [0.4, 0.5) is 0 Å². The summed E-state index contributed by atoms with van der Waals surface area (Å²) in [6.07, 6.45) is 15.5. The fourth-order valence-corrected chi connectivity index (χ4v) is 3.31. The fourth-order valence-electron chi connectivity index (χ4n) is 3.31. The van der Waals surface area contributed by atoms with Gasteiger partial charge in [-0.05, 0) is 39.0 Å². The van der Waals surface area contributed by atoms with Crippen LogP contribution in [0.2, 0.25) is 0 Å². The molecule has 0 aliphatic rings. The number of carbonyl (C=O) groups is 2. The Bertz CT molecular complexity index is 432. The number of unbranched alkanes of at least 4 members (excludes halogenated alkanes) is 9. The summed E-state index contributed by atoms with van der Waals surface area (Å²) in [5, 5.41) is 2.98. The largest absolute Gasteiger partial charge is 0.388 e. The molecule has 0 rings (SSSR count). The van der Waals surface area contributed by atoms with E-state index in [0.29, 0.717) is 31.6 Å². The van der Waals surface area contributed by atoms with Crippen LogP contribution in [-0.4, -0.2) is 30.1 Å². The molecular weight excluding hydrogens is 350 g/mol. The smallest absolute Gasteiger partial charge is 0.220 e. The van der Waals surface area contributed by atoms with E-state index in [4.69, 9.17) is 5.73 Å². The lowest BCUT2D eigenvalue weighted by atomic mass is 10.0. The lowest BCUT2D eigenvalue weighted by Gasteiger charge is -2.17. The molecule has 0 radical (unpaired) electrons. The minimum atomic E-state index is -0.339.